The number of ether oxygens (including phenoxy) is 4. The molecule has 0 bridgehead atoms. The second-order valence-electron chi connectivity index (χ2n) is 9.27. The Hall–Kier alpha value is -2.39. The summed E-state index contributed by atoms with van der Waals surface area (Å²) in [5.74, 6) is -4.39. The fraction of sp³-hybridized carbons (Fsp3) is 0.696. The van der Waals surface area contributed by atoms with Crippen LogP contribution in [-0.4, -0.2) is 50.6 Å². The van der Waals surface area contributed by atoms with Crippen molar-refractivity contribution in [2.45, 2.75) is 51.9 Å². The number of esters is 2. The van der Waals surface area contributed by atoms with Gasteiger partial charge in [-0.2, -0.15) is 0 Å². The van der Waals surface area contributed by atoms with Crippen LogP contribution in [0.3, 0.4) is 0 Å². The van der Waals surface area contributed by atoms with Crippen LogP contribution in [0.25, 0.3) is 0 Å². The number of methoxy groups -OCH3 is 3. The number of fused-ring (bicyclic) bond motifs is 1. The van der Waals surface area contributed by atoms with Crippen molar-refractivity contribution >= 4 is 17.9 Å². The van der Waals surface area contributed by atoms with Crippen LogP contribution in [0.2, 0.25) is 0 Å². The predicted molar refractivity (Wildman–Crippen MR) is 110 cm³/mol. The molecule has 1 saturated carbocycles. The number of carbonyl (C=O) groups excluding carboxylic acids is 2. The summed E-state index contributed by atoms with van der Waals surface area (Å²) in [6.07, 6.45) is 2.86. The molecule has 0 unspecified atom stereocenters. The largest absolute Gasteiger partial charge is 0.481 e. The van der Waals surface area contributed by atoms with E-state index in [0.717, 1.165) is 0 Å². The standard InChI is InChI=1S/C23H32O9/c1-22(15(20(26)30-5)10-17(28-3)29-4)8-6-14-21(27)32-16(13-7-9-31-12-13)11-23(14,2)18(22)19(24)25/h7,9,12,14-18H,6,8,10-11H2,1-5H3,(H,24,25)/t14-,15-,16-,18-,22-,23-/m0/s1. The fourth-order valence-corrected chi connectivity index (χ4v) is 6.04. The van der Waals surface area contributed by atoms with Gasteiger partial charge >= 0.3 is 17.9 Å². The summed E-state index contributed by atoms with van der Waals surface area (Å²) in [6, 6.07) is 1.71. The molecule has 3 rings (SSSR count). The molecule has 6 atom stereocenters. The molecule has 2 heterocycles. The van der Waals surface area contributed by atoms with Gasteiger partial charge in [-0.05, 0) is 36.2 Å². The van der Waals surface area contributed by atoms with Crippen LogP contribution >= 0.6 is 0 Å². The minimum Gasteiger partial charge on any atom is -0.481 e. The summed E-state index contributed by atoms with van der Waals surface area (Å²) >= 11 is 0. The van der Waals surface area contributed by atoms with Gasteiger partial charge < -0.3 is 28.5 Å². The summed E-state index contributed by atoms with van der Waals surface area (Å²) in [5.41, 5.74) is -1.27. The lowest BCUT2D eigenvalue weighted by atomic mass is 9.46. The van der Waals surface area contributed by atoms with Crippen molar-refractivity contribution in [3.63, 3.8) is 0 Å². The van der Waals surface area contributed by atoms with Crippen LogP contribution in [0.4, 0.5) is 0 Å². The first-order valence-corrected chi connectivity index (χ1v) is 10.7. The maximum Gasteiger partial charge on any atom is 0.310 e. The number of carbonyl (C=O) groups is 3. The minimum absolute atomic E-state index is 0.135. The molecule has 1 saturated heterocycles. The molecule has 1 aromatic rings. The SMILES string of the molecule is COC(=O)[C@H](CC(OC)OC)[C@]1(C)CC[C@H]2C(=O)O[C@H](c3ccoc3)C[C@]2(C)[C@H]1C(=O)O. The molecule has 9 nitrogen and oxygen atoms in total. The summed E-state index contributed by atoms with van der Waals surface area (Å²) in [7, 11) is 4.21. The Morgan fingerprint density at radius 1 is 1.25 bits per heavy atom. The van der Waals surface area contributed by atoms with E-state index in [9.17, 15) is 19.5 Å². The number of cyclic esters (lactones) is 1. The van der Waals surface area contributed by atoms with Crippen LogP contribution in [0.1, 0.15) is 51.2 Å². The van der Waals surface area contributed by atoms with Crippen LogP contribution in [-0.2, 0) is 33.3 Å². The Kier molecular flexibility index (Phi) is 7.00. The maximum absolute atomic E-state index is 13.0. The van der Waals surface area contributed by atoms with E-state index in [1.807, 2.05) is 6.92 Å². The monoisotopic (exact) mass is 452 g/mol. The average Bonchev–Trinajstić information content (AvgIpc) is 3.27. The summed E-state index contributed by atoms with van der Waals surface area (Å²) in [5, 5.41) is 10.4. The Labute approximate surface area is 187 Å². The molecular formula is C23H32O9. The smallest absolute Gasteiger partial charge is 0.310 e. The Morgan fingerprint density at radius 2 is 1.94 bits per heavy atom. The molecule has 0 spiro atoms. The van der Waals surface area contributed by atoms with Gasteiger partial charge in [0.05, 0.1) is 37.4 Å². The van der Waals surface area contributed by atoms with E-state index in [2.05, 4.69) is 0 Å². The molecule has 0 amide bonds. The van der Waals surface area contributed by atoms with Gasteiger partial charge in [-0.15, -0.1) is 0 Å². The van der Waals surface area contributed by atoms with Crippen molar-refractivity contribution in [2.24, 2.45) is 28.6 Å². The van der Waals surface area contributed by atoms with E-state index in [0.29, 0.717) is 24.8 Å². The van der Waals surface area contributed by atoms with E-state index < -0.39 is 58.9 Å². The third-order valence-corrected chi connectivity index (χ3v) is 7.65. The normalized spacial score (nSPS) is 33.3. The zero-order valence-electron chi connectivity index (χ0n) is 19.2. The second kappa shape index (κ2) is 9.23. The van der Waals surface area contributed by atoms with E-state index in [-0.39, 0.29) is 6.42 Å². The molecule has 2 fully saturated rings. The zero-order chi connectivity index (χ0) is 23.7. The number of furan rings is 1. The second-order valence-corrected chi connectivity index (χ2v) is 9.27. The van der Waals surface area contributed by atoms with Gasteiger partial charge in [0.15, 0.2) is 6.29 Å². The molecule has 2 aliphatic rings. The topological polar surface area (TPSA) is 122 Å². The minimum atomic E-state index is -1.05. The van der Waals surface area contributed by atoms with Crippen molar-refractivity contribution in [1.82, 2.24) is 0 Å². The van der Waals surface area contributed by atoms with Gasteiger partial charge in [-0.3, -0.25) is 14.4 Å². The highest BCUT2D eigenvalue weighted by Gasteiger charge is 2.65. The van der Waals surface area contributed by atoms with Crippen molar-refractivity contribution in [1.29, 1.82) is 0 Å². The molecule has 32 heavy (non-hydrogen) atoms. The summed E-state index contributed by atoms with van der Waals surface area (Å²) in [4.78, 5) is 38.7. The highest BCUT2D eigenvalue weighted by Crippen LogP contribution is 2.63. The van der Waals surface area contributed by atoms with Crippen LogP contribution < -0.4 is 0 Å². The molecule has 0 aromatic carbocycles. The van der Waals surface area contributed by atoms with Crippen LogP contribution in [0.15, 0.2) is 23.0 Å². The molecular weight excluding hydrogens is 420 g/mol. The Balaban J connectivity index is 2.06. The number of hydrogen-bond acceptors (Lipinski definition) is 8. The quantitative estimate of drug-likeness (QED) is 0.468. The lowest BCUT2D eigenvalue weighted by molar-refractivity contribution is -0.208. The van der Waals surface area contributed by atoms with Crippen molar-refractivity contribution in [2.75, 3.05) is 21.3 Å². The van der Waals surface area contributed by atoms with Crippen LogP contribution in [0, 0.1) is 28.6 Å². The molecule has 1 N–H and O–H groups in total. The number of rotatable bonds is 8. The number of carboxylic acids is 1. The van der Waals surface area contributed by atoms with E-state index in [1.54, 1.807) is 13.0 Å². The first-order valence-electron chi connectivity index (χ1n) is 10.7. The van der Waals surface area contributed by atoms with Gasteiger partial charge in [0.25, 0.3) is 0 Å². The van der Waals surface area contributed by atoms with Crippen LogP contribution in [0.5, 0.6) is 0 Å². The molecule has 1 aliphatic heterocycles. The van der Waals surface area contributed by atoms with Crippen molar-refractivity contribution in [3.8, 4) is 0 Å². The number of aliphatic carboxylic acids is 1. The fourth-order valence-electron chi connectivity index (χ4n) is 6.04. The average molecular weight is 453 g/mol. The van der Waals surface area contributed by atoms with E-state index in [1.165, 1.54) is 33.9 Å². The van der Waals surface area contributed by atoms with Crippen molar-refractivity contribution in [3.05, 3.63) is 24.2 Å². The number of hydrogen-bond donors (Lipinski definition) is 1. The lowest BCUT2D eigenvalue weighted by Gasteiger charge is -2.57. The van der Waals surface area contributed by atoms with Gasteiger partial charge in [0.1, 0.15) is 6.10 Å². The van der Waals surface area contributed by atoms with Gasteiger partial charge in [0.2, 0.25) is 0 Å². The summed E-state index contributed by atoms with van der Waals surface area (Å²) < 4.78 is 26.5. The summed E-state index contributed by atoms with van der Waals surface area (Å²) in [6.45, 7) is 3.61. The van der Waals surface area contributed by atoms with Crippen molar-refractivity contribution < 1.29 is 42.9 Å². The number of carboxylic acid groups (broad SMARTS) is 1. The van der Waals surface area contributed by atoms with Gasteiger partial charge in [-0.1, -0.05) is 13.8 Å². The zero-order valence-corrected chi connectivity index (χ0v) is 19.2. The maximum atomic E-state index is 13.0. The first kappa shape index (κ1) is 24.3. The molecule has 1 aliphatic carbocycles. The first-order chi connectivity index (χ1) is 15.1. The highest BCUT2D eigenvalue weighted by molar-refractivity contribution is 5.81. The third kappa shape index (κ3) is 4.03. The molecule has 9 heteroatoms. The van der Waals surface area contributed by atoms with E-state index in [4.69, 9.17) is 23.4 Å². The van der Waals surface area contributed by atoms with Gasteiger partial charge in [0, 0.05) is 26.2 Å². The molecule has 1 aromatic heterocycles. The van der Waals surface area contributed by atoms with Gasteiger partial charge in [-0.25, -0.2) is 0 Å². The Bertz CT molecular complexity index is 831. The lowest BCUT2D eigenvalue weighted by Crippen LogP contribution is -2.60. The predicted octanol–water partition coefficient (Wildman–Crippen LogP) is 3.19. The molecule has 178 valence electrons. The molecule has 0 radical (unpaired) electrons. The van der Waals surface area contributed by atoms with E-state index >= 15 is 0 Å². The third-order valence-electron chi connectivity index (χ3n) is 7.65. The highest BCUT2D eigenvalue weighted by atomic mass is 16.7. The Morgan fingerprint density at radius 3 is 2.47 bits per heavy atom.